The lowest BCUT2D eigenvalue weighted by Gasteiger charge is -2.05. The van der Waals surface area contributed by atoms with Crippen LogP contribution in [0.1, 0.15) is 36.1 Å². The summed E-state index contributed by atoms with van der Waals surface area (Å²) in [6.45, 7) is 4.11. The molecule has 0 fully saturated rings. The summed E-state index contributed by atoms with van der Waals surface area (Å²) < 4.78 is 4.61. The van der Waals surface area contributed by atoms with Crippen molar-refractivity contribution in [2.75, 3.05) is 7.11 Å². The molecule has 0 atom stereocenters. The first-order valence-corrected chi connectivity index (χ1v) is 8.43. The average Bonchev–Trinajstić information content (AvgIpc) is 2.62. The Morgan fingerprint density at radius 1 is 0.800 bits per heavy atom. The molecule has 2 aromatic carbocycles. The molecule has 25 heavy (non-hydrogen) atoms. The van der Waals surface area contributed by atoms with Crippen molar-refractivity contribution in [3.63, 3.8) is 0 Å². The van der Waals surface area contributed by atoms with Crippen molar-refractivity contribution in [3.8, 4) is 0 Å². The SMILES string of the molecule is CCc1ccccc1CC(=O)O.CCc1ccccc1CC(=O)OC. The van der Waals surface area contributed by atoms with Gasteiger partial charge in [-0.25, -0.2) is 0 Å². The van der Waals surface area contributed by atoms with Crippen LogP contribution < -0.4 is 0 Å². The number of esters is 1. The number of carboxylic acid groups (broad SMARTS) is 1. The Kier molecular flexibility index (Phi) is 9.01. The van der Waals surface area contributed by atoms with Crippen LogP contribution in [0.5, 0.6) is 0 Å². The zero-order valence-electron chi connectivity index (χ0n) is 15.1. The van der Waals surface area contributed by atoms with E-state index in [2.05, 4.69) is 11.7 Å². The Labute approximate surface area is 149 Å². The molecule has 0 saturated heterocycles. The molecule has 0 aliphatic carbocycles. The number of methoxy groups -OCH3 is 1. The molecule has 4 heteroatoms. The summed E-state index contributed by atoms with van der Waals surface area (Å²) in [5, 5.41) is 8.59. The van der Waals surface area contributed by atoms with E-state index in [4.69, 9.17) is 5.11 Å². The number of aliphatic carboxylic acids is 1. The Hall–Kier alpha value is -2.62. The molecule has 1 N–H and O–H groups in total. The molecule has 134 valence electrons. The molecule has 0 heterocycles. The standard InChI is InChI=1S/C11H14O2.C10H12O2/c1-3-9-6-4-5-7-10(9)8-11(12)13-2;1-2-8-5-3-4-6-9(8)7-10(11)12/h4-7H,3,8H2,1-2H3;3-6H,2,7H2,1H3,(H,11,12). The van der Waals surface area contributed by atoms with Crippen LogP contribution in [0, 0.1) is 0 Å². The Morgan fingerprint density at radius 3 is 1.56 bits per heavy atom. The summed E-state index contributed by atoms with van der Waals surface area (Å²) >= 11 is 0. The molecule has 0 aromatic heterocycles. The van der Waals surface area contributed by atoms with Crippen LogP contribution in [-0.4, -0.2) is 24.2 Å². The summed E-state index contributed by atoms with van der Waals surface area (Å²) in [4.78, 5) is 21.5. The summed E-state index contributed by atoms with van der Waals surface area (Å²) in [6.07, 6.45) is 2.35. The van der Waals surface area contributed by atoms with E-state index in [0.29, 0.717) is 6.42 Å². The van der Waals surface area contributed by atoms with Crippen molar-refractivity contribution in [1.29, 1.82) is 0 Å². The van der Waals surface area contributed by atoms with Gasteiger partial charge in [0.1, 0.15) is 0 Å². The first-order valence-electron chi connectivity index (χ1n) is 8.43. The molecular formula is C21H26O4. The second kappa shape index (κ2) is 11.0. The van der Waals surface area contributed by atoms with Gasteiger partial charge < -0.3 is 9.84 Å². The number of ether oxygens (including phenoxy) is 1. The molecule has 2 rings (SSSR count). The van der Waals surface area contributed by atoms with Gasteiger partial charge in [0, 0.05) is 0 Å². The van der Waals surface area contributed by atoms with Gasteiger partial charge in [-0.15, -0.1) is 0 Å². The lowest BCUT2D eigenvalue weighted by atomic mass is 10.0. The van der Waals surface area contributed by atoms with E-state index in [1.807, 2.05) is 55.5 Å². The topological polar surface area (TPSA) is 63.6 Å². The van der Waals surface area contributed by atoms with Crippen LogP contribution in [0.25, 0.3) is 0 Å². The number of carbonyl (C=O) groups excluding carboxylic acids is 1. The number of benzene rings is 2. The van der Waals surface area contributed by atoms with E-state index in [-0.39, 0.29) is 12.4 Å². The van der Waals surface area contributed by atoms with E-state index in [1.54, 1.807) is 0 Å². The maximum atomic E-state index is 11.0. The molecule has 0 radical (unpaired) electrons. The lowest BCUT2D eigenvalue weighted by Crippen LogP contribution is -2.06. The molecule has 0 amide bonds. The molecule has 0 bridgehead atoms. The highest BCUT2D eigenvalue weighted by Crippen LogP contribution is 2.11. The van der Waals surface area contributed by atoms with Crippen LogP contribution in [0.15, 0.2) is 48.5 Å². The fourth-order valence-corrected chi connectivity index (χ4v) is 2.54. The number of hydrogen-bond acceptors (Lipinski definition) is 3. The highest BCUT2D eigenvalue weighted by Gasteiger charge is 2.05. The second-order valence-corrected chi connectivity index (χ2v) is 5.57. The molecule has 0 spiro atoms. The van der Waals surface area contributed by atoms with Crippen molar-refractivity contribution in [2.45, 2.75) is 39.5 Å². The molecule has 2 aromatic rings. The molecular weight excluding hydrogens is 316 g/mol. The van der Waals surface area contributed by atoms with E-state index in [0.717, 1.165) is 29.5 Å². The minimum atomic E-state index is -0.768. The van der Waals surface area contributed by atoms with Crippen LogP contribution in [0.3, 0.4) is 0 Å². The Morgan fingerprint density at radius 2 is 1.20 bits per heavy atom. The van der Waals surface area contributed by atoms with E-state index >= 15 is 0 Å². The van der Waals surface area contributed by atoms with Crippen molar-refractivity contribution in [1.82, 2.24) is 0 Å². The van der Waals surface area contributed by atoms with Gasteiger partial charge in [0.15, 0.2) is 0 Å². The normalized spacial score (nSPS) is 9.72. The van der Waals surface area contributed by atoms with Gasteiger partial charge >= 0.3 is 11.9 Å². The van der Waals surface area contributed by atoms with E-state index in [1.165, 1.54) is 12.7 Å². The van der Waals surface area contributed by atoms with Crippen molar-refractivity contribution >= 4 is 11.9 Å². The molecule has 0 aliphatic rings. The van der Waals surface area contributed by atoms with Gasteiger partial charge in [0.2, 0.25) is 0 Å². The fraction of sp³-hybridized carbons (Fsp3) is 0.333. The third-order valence-corrected chi connectivity index (χ3v) is 3.90. The first kappa shape index (κ1) is 20.4. The predicted molar refractivity (Wildman–Crippen MR) is 98.7 cm³/mol. The zero-order chi connectivity index (χ0) is 18.7. The minimum Gasteiger partial charge on any atom is -0.481 e. The third-order valence-electron chi connectivity index (χ3n) is 3.90. The second-order valence-electron chi connectivity index (χ2n) is 5.57. The van der Waals surface area contributed by atoms with Gasteiger partial charge in [0.25, 0.3) is 0 Å². The molecule has 4 nitrogen and oxygen atoms in total. The summed E-state index contributed by atoms with van der Waals surface area (Å²) in [5.74, 6) is -0.947. The quantitative estimate of drug-likeness (QED) is 0.810. The van der Waals surface area contributed by atoms with Gasteiger partial charge in [0.05, 0.1) is 20.0 Å². The van der Waals surface area contributed by atoms with Crippen LogP contribution >= 0.6 is 0 Å². The first-order chi connectivity index (χ1) is 12.0. The maximum absolute atomic E-state index is 11.0. The van der Waals surface area contributed by atoms with E-state index < -0.39 is 5.97 Å². The van der Waals surface area contributed by atoms with Gasteiger partial charge in [-0.1, -0.05) is 62.4 Å². The predicted octanol–water partition coefficient (Wildman–Crippen LogP) is 3.84. The molecule has 0 saturated carbocycles. The van der Waals surface area contributed by atoms with Crippen molar-refractivity contribution in [2.24, 2.45) is 0 Å². The van der Waals surface area contributed by atoms with Crippen molar-refractivity contribution < 1.29 is 19.4 Å². The van der Waals surface area contributed by atoms with Crippen LogP contribution in [0.4, 0.5) is 0 Å². The number of aryl methyl sites for hydroxylation is 2. The number of hydrogen-bond donors (Lipinski definition) is 1. The van der Waals surface area contributed by atoms with Gasteiger partial charge in [-0.05, 0) is 35.1 Å². The van der Waals surface area contributed by atoms with Crippen LogP contribution in [0.2, 0.25) is 0 Å². The van der Waals surface area contributed by atoms with E-state index in [9.17, 15) is 9.59 Å². The molecule has 0 aliphatic heterocycles. The number of carbonyl (C=O) groups is 2. The largest absolute Gasteiger partial charge is 0.481 e. The Bertz CT molecular complexity index is 692. The number of carboxylic acids is 1. The summed E-state index contributed by atoms with van der Waals surface area (Å²) in [7, 11) is 1.41. The van der Waals surface area contributed by atoms with Gasteiger partial charge in [-0.3, -0.25) is 9.59 Å². The zero-order valence-corrected chi connectivity index (χ0v) is 15.1. The summed E-state index contributed by atoms with van der Waals surface area (Å²) in [5.41, 5.74) is 4.33. The molecule has 0 unspecified atom stereocenters. The smallest absolute Gasteiger partial charge is 0.309 e. The summed E-state index contributed by atoms with van der Waals surface area (Å²) in [6, 6.07) is 15.6. The van der Waals surface area contributed by atoms with Crippen LogP contribution in [-0.2, 0) is 40.0 Å². The average molecular weight is 342 g/mol. The highest BCUT2D eigenvalue weighted by atomic mass is 16.5. The fourth-order valence-electron chi connectivity index (χ4n) is 2.54. The highest BCUT2D eigenvalue weighted by molar-refractivity contribution is 5.72. The Balaban J connectivity index is 0.000000251. The minimum absolute atomic E-state index is 0.129. The lowest BCUT2D eigenvalue weighted by molar-refractivity contribution is -0.140. The number of rotatable bonds is 6. The third kappa shape index (κ3) is 7.21. The maximum Gasteiger partial charge on any atom is 0.309 e. The van der Waals surface area contributed by atoms with Crippen molar-refractivity contribution in [3.05, 3.63) is 70.8 Å². The monoisotopic (exact) mass is 342 g/mol. The van der Waals surface area contributed by atoms with Gasteiger partial charge in [-0.2, -0.15) is 0 Å².